The van der Waals surface area contributed by atoms with Crippen LogP contribution in [0.15, 0.2) is 28.7 Å². The normalized spacial score (nSPS) is 10.4. The molecule has 0 radical (unpaired) electrons. The van der Waals surface area contributed by atoms with E-state index in [1.807, 2.05) is 0 Å². The van der Waals surface area contributed by atoms with Gasteiger partial charge in [0.15, 0.2) is 0 Å². The number of hydrazone groups is 1. The first-order valence-electron chi connectivity index (χ1n) is 4.95. The molecule has 3 N–H and O–H groups in total. The number of benzene rings is 1. The van der Waals surface area contributed by atoms with Crippen molar-refractivity contribution >= 4 is 28.5 Å². The van der Waals surface area contributed by atoms with Crippen LogP contribution in [0.25, 0.3) is 0 Å². The van der Waals surface area contributed by atoms with E-state index in [1.54, 1.807) is 11.4 Å². The number of terminal acetylenes is 1. The van der Waals surface area contributed by atoms with E-state index >= 15 is 0 Å². The first-order chi connectivity index (χ1) is 8.69. The topological polar surface area (TPSA) is 63.3 Å². The van der Waals surface area contributed by atoms with Crippen molar-refractivity contribution in [3.8, 4) is 12.3 Å². The van der Waals surface area contributed by atoms with Crippen molar-refractivity contribution in [2.75, 3.05) is 11.2 Å². The van der Waals surface area contributed by atoms with Crippen LogP contribution in [0.3, 0.4) is 0 Å². The molecule has 0 spiro atoms. The molecule has 0 unspecified atom stereocenters. The zero-order valence-corrected chi connectivity index (χ0v) is 10.0. The van der Waals surface area contributed by atoms with E-state index < -0.39 is 5.82 Å². The monoisotopic (exact) mass is 260 g/mol. The summed E-state index contributed by atoms with van der Waals surface area (Å²) in [6.45, 7) is 0. The Morgan fingerprint density at radius 2 is 2.39 bits per heavy atom. The van der Waals surface area contributed by atoms with Crippen molar-refractivity contribution in [3.05, 3.63) is 40.5 Å². The Bertz CT molecular complexity index is 627. The van der Waals surface area contributed by atoms with Gasteiger partial charge in [0.2, 0.25) is 5.13 Å². The average molecular weight is 260 g/mol. The predicted molar refractivity (Wildman–Crippen MR) is 72.1 cm³/mol. The number of thiazole rings is 1. The van der Waals surface area contributed by atoms with Crippen molar-refractivity contribution in [2.24, 2.45) is 5.10 Å². The zero-order valence-electron chi connectivity index (χ0n) is 9.22. The van der Waals surface area contributed by atoms with Gasteiger partial charge in [-0.15, -0.1) is 17.8 Å². The first-order valence-corrected chi connectivity index (χ1v) is 5.83. The number of anilines is 2. The summed E-state index contributed by atoms with van der Waals surface area (Å²) in [6, 6.07) is 4.52. The second-order valence-electron chi connectivity index (χ2n) is 3.33. The average Bonchev–Trinajstić information content (AvgIpc) is 2.75. The molecule has 0 bridgehead atoms. The Labute approximate surface area is 107 Å². The van der Waals surface area contributed by atoms with Gasteiger partial charge in [-0.3, -0.25) is 5.43 Å². The molecule has 1 aromatic heterocycles. The summed E-state index contributed by atoms with van der Waals surface area (Å²) >= 11 is 1.33. The van der Waals surface area contributed by atoms with Crippen LogP contribution in [-0.2, 0) is 0 Å². The van der Waals surface area contributed by atoms with Crippen molar-refractivity contribution in [3.63, 3.8) is 0 Å². The van der Waals surface area contributed by atoms with Gasteiger partial charge in [0.1, 0.15) is 11.6 Å². The minimum absolute atomic E-state index is 0.229. The predicted octanol–water partition coefficient (Wildman–Crippen LogP) is 2.29. The fraction of sp³-hybridized carbons (Fsp3) is 0. The maximum Gasteiger partial charge on any atom is 0.205 e. The molecular weight excluding hydrogens is 251 g/mol. The Hall–Kier alpha value is -2.39. The van der Waals surface area contributed by atoms with E-state index in [1.165, 1.54) is 29.7 Å². The minimum atomic E-state index is -0.444. The van der Waals surface area contributed by atoms with Crippen LogP contribution < -0.4 is 11.2 Å². The largest absolute Gasteiger partial charge is 0.383 e. The van der Waals surface area contributed by atoms with E-state index in [4.69, 9.17) is 12.2 Å². The highest BCUT2D eigenvalue weighted by Crippen LogP contribution is 2.16. The second-order valence-corrected chi connectivity index (χ2v) is 4.19. The van der Waals surface area contributed by atoms with Crippen LogP contribution >= 0.6 is 11.3 Å². The lowest BCUT2D eigenvalue weighted by Crippen LogP contribution is -1.92. The number of halogens is 1. The third-order valence-electron chi connectivity index (χ3n) is 2.04. The van der Waals surface area contributed by atoms with Crippen LogP contribution in [0.5, 0.6) is 0 Å². The first kappa shape index (κ1) is 12.1. The summed E-state index contributed by atoms with van der Waals surface area (Å²) in [5.41, 5.74) is 8.98. The highest BCUT2D eigenvalue weighted by Gasteiger charge is 1.99. The molecule has 2 rings (SSSR count). The molecule has 2 aromatic rings. The van der Waals surface area contributed by atoms with Crippen LogP contribution in [0, 0.1) is 18.2 Å². The van der Waals surface area contributed by atoms with Gasteiger partial charge in [0.05, 0.1) is 11.8 Å². The van der Waals surface area contributed by atoms with Crippen molar-refractivity contribution in [2.45, 2.75) is 0 Å². The smallest absolute Gasteiger partial charge is 0.205 e. The Morgan fingerprint density at radius 3 is 3.00 bits per heavy atom. The van der Waals surface area contributed by atoms with Gasteiger partial charge in [-0.1, -0.05) is 12.0 Å². The van der Waals surface area contributed by atoms with Gasteiger partial charge < -0.3 is 5.73 Å². The maximum atomic E-state index is 13.4. The number of hydrogen-bond donors (Lipinski definition) is 2. The summed E-state index contributed by atoms with van der Waals surface area (Å²) in [5.74, 6) is 2.24. The number of nitrogens with one attached hydrogen (secondary N) is 1. The molecule has 0 saturated carbocycles. The maximum absolute atomic E-state index is 13.4. The molecule has 0 amide bonds. The fourth-order valence-electron chi connectivity index (χ4n) is 1.23. The van der Waals surface area contributed by atoms with Gasteiger partial charge in [0, 0.05) is 5.38 Å². The minimum Gasteiger partial charge on any atom is -0.383 e. The summed E-state index contributed by atoms with van der Waals surface area (Å²) in [5, 5.41) is 6.19. The molecule has 1 aromatic carbocycles. The Morgan fingerprint density at radius 1 is 1.56 bits per heavy atom. The van der Waals surface area contributed by atoms with E-state index in [0.29, 0.717) is 16.5 Å². The highest BCUT2D eigenvalue weighted by atomic mass is 32.1. The van der Waals surface area contributed by atoms with Gasteiger partial charge in [-0.05, 0) is 17.7 Å². The van der Waals surface area contributed by atoms with Gasteiger partial charge in [-0.2, -0.15) is 5.10 Å². The number of hydrogen-bond acceptors (Lipinski definition) is 5. The summed E-state index contributed by atoms with van der Waals surface area (Å²) in [7, 11) is 0. The molecule has 90 valence electrons. The second kappa shape index (κ2) is 5.29. The molecule has 18 heavy (non-hydrogen) atoms. The quantitative estimate of drug-likeness (QED) is 0.505. The van der Waals surface area contributed by atoms with Gasteiger partial charge >= 0.3 is 0 Å². The van der Waals surface area contributed by atoms with E-state index in [0.717, 1.165) is 0 Å². The SMILES string of the molecule is C#Cc1ccc(C=NNc2nc(N)cs2)cc1F. The van der Waals surface area contributed by atoms with Gasteiger partial charge in [-0.25, -0.2) is 9.37 Å². The molecular formula is C12H9FN4S. The molecule has 0 saturated heterocycles. The molecule has 0 aliphatic carbocycles. The number of aromatic nitrogens is 1. The van der Waals surface area contributed by atoms with Crippen LogP contribution in [0.4, 0.5) is 15.3 Å². The van der Waals surface area contributed by atoms with Crippen LogP contribution in [0.2, 0.25) is 0 Å². The van der Waals surface area contributed by atoms with Crippen molar-refractivity contribution < 1.29 is 4.39 Å². The molecule has 0 aliphatic rings. The summed E-state index contributed by atoms with van der Waals surface area (Å²) < 4.78 is 13.4. The Balaban J connectivity index is 2.05. The van der Waals surface area contributed by atoms with Crippen LogP contribution in [-0.4, -0.2) is 11.2 Å². The number of rotatable bonds is 3. The number of nitrogens with zero attached hydrogens (tertiary/aromatic N) is 2. The van der Waals surface area contributed by atoms with Gasteiger partial charge in [0.25, 0.3) is 0 Å². The van der Waals surface area contributed by atoms with Crippen molar-refractivity contribution in [1.82, 2.24) is 4.98 Å². The van der Waals surface area contributed by atoms with E-state index in [-0.39, 0.29) is 5.56 Å². The highest BCUT2D eigenvalue weighted by molar-refractivity contribution is 7.14. The summed E-state index contributed by atoms with van der Waals surface area (Å²) in [4.78, 5) is 3.96. The number of nitrogen functional groups attached to an aromatic ring is 1. The lowest BCUT2D eigenvalue weighted by molar-refractivity contribution is 0.624. The fourth-order valence-corrected chi connectivity index (χ4v) is 1.78. The summed E-state index contributed by atoms with van der Waals surface area (Å²) in [6.07, 6.45) is 6.60. The molecule has 0 atom stereocenters. The molecule has 0 fully saturated rings. The molecule has 1 heterocycles. The van der Waals surface area contributed by atoms with E-state index in [9.17, 15) is 4.39 Å². The van der Waals surface area contributed by atoms with Crippen LogP contribution in [0.1, 0.15) is 11.1 Å². The number of nitrogens with two attached hydrogens (primary N) is 1. The molecule has 6 heteroatoms. The third kappa shape index (κ3) is 2.84. The standard InChI is InChI=1S/C12H9FN4S/c1-2-9-4-3-8(5-10(9)13)6-15-17-12-16-11(14)7-18-12/h1,3-7H,14H2,(H,16,17). The molecule has 4 nitrogen and oxygen atoms in total. The lowest BCUT2D eigenvalue weighted by Gasteiger charge is -1.97. The third-order valence-corrected chi connectivity index (χ3v) is 2.81. The zero-order chi connectivity index (χ0) is 13.0. The van der Waals surface area contributed by atoms with E-state index in [2.05, 4.69) is 21.4 Å². The Kier molecular flexibility index (Phi) is 3.55. The lowest BCUT2D eigenvalue weighted by atomic mass is 10.1. The molecule has 0 aliphatic heterocycles. The van der Waals surface area contributed by atoms with Crippen molar-refractivity contribution in [1.29, 1.82) is 0 Å².